The quantitative estimate of drug-likeness (QED) is 0.176. The number of hydrogen-bond acceptors (Lipinski definition) is 10. The first-order chi connectivity index (χ1) is 13.6. The molecule has 0 aromatic rings. The molecule has 0 aliphatic rings. The van der Waals surface area contributed by atoms with E-state index in [0.717, 1.165) is 27.7 Å². The van der Waals surface area contributed by atoms with Gasteiger partial charge in [-0.15, -0.1) is 0 Å². The van der Waals surface area contributed by atoms with Crippen LogP contribution in [-0.4, -0.2) is 97.4 Å². The third-order valence-electron chi connectivity index (χ3n) is 1.53. The van der Waals surface area contributed by atoms with Gasteiger partial charge in [0, 0.05) is 27.7 Å². The van der Waals surface area contributed by atoms with E-state index in [4.69, 9.17) is 64.9 Å². The number of hydrogen-bond donors (Lipinski definition) is 7. The van der Waals surface area contributed by atoms with Gasteiger partial charge in [0.15, 0.2) is 6.29 Å². The second-order valence-electron chi connectivity index (χ2n) is 4.74. The number of carboxylic acids is 4. The maximum Gasteiger partial charge on any atom is 0.300 e. The van der Waals surface area contributed by atoms with Crippen molar-refractivity contribution < 1.29 is 64.5 Å². The highest BCUT2D eigenvalue weighted by atomic mass is 16.5. The van der Waals surface area contributed by atoms with Gasteiger partial charge in [-0.25, -0.2) is 0 Å². The van der Waals surface area contributed by atoms with Crippen LogP contribution in [-0.2, 0) is 28.7 Å². The molecule has 0 amide bonds. The summed E-state index contributed by atoms with van der Waals surface area (Å²) in [6.07, 6.45) is -4.21. The Balaban J connectivity index is -0.000000106. The van der Waals surface area contributed by atoms with E-state index >= 15 is 0 Å². The Morgan fingerprint density at radius 2 is 1.17 bits per heavy atom. The van der Waals surface area contributed by atoms with Gasteiger partial charge in [0.1, 0.15) is 18.3 Å². The molecule has 30 heavy (non-hydrogen) atoms. The van der Waals surface area contributed by atoms with Gasteiger partial charge in [-0.1, -0.05) is 0 Å². The number of aliphatic carboxylic acids is 4. The van der Waals surface area contributed by atoms with E-state index in [9.17, 15) is 4.79 Å². The molecule has 0 aliphatic heterocycles. The number of aliphatic hydroxyl groups is 3. The lowest BCUT2D eigenvalue weighted by atomic mass is 10.1. The van der Waals surface area contributed by atoms with E-state index in [1.54, 1.807) is 0 Å². The Hall–Kier alpha value is -3.12. The molecule has 176 valence electrons. The number of carboxylic acid groups (broad SMARTS) is 4. The Labute approximate surface area is 172 Å². The highest BCUT2D eigenvalue weighted by Gasteiger charge is 2.23. The number of aliphatic hydroxyl groups excluding tert-OH is 3. The van der Waals surface area contributed by atoms with Crippen LogP contribution in [0.15, 0.2) is 0 Å². The predicted molar refractivity (Wildman–Crippen MR) is 98.4 cm³/mol. The second kappa shape index (κ2) is 28.1. The average molecular weight is 443 g/mol. The number of carbonyl (C=O) groups is 5. The van der Waals surface area contributed by atoms with Crippen LogP contribution in [0.3, 0.4) is 0 Å². The topological polar surface area (TPSA) is 260 Å². The normalized spacial score (nSPS) is 11.1. The minimum atomic E-state index is -1.62. The first-order valence-corrected chi connectivity index (χ1v) is 7.78. The number of nitrogens with zero attached hydrogens (tertiary/aromatic N) is 1. The van der Waals surface area contributed by atoms with Crippen LogP contribution in [0.5, 0.6) is 0 Å². The molecule has 0 saturated heterocycles. The SMILES string of the molecule is CC(=O)O.CC(=O)O.CC(=O)O.CC(=O)O.N#CCCOC[C@@H](O)[C@@H](O)[C@H](O)C=O. The lowest BCUT2D eigenvalue weighted by Gasteiger charge is -2.18. The Bertz CT molecular complexity index is 452. The number of ether oxygens (including phenoxy) is 1. The summed E-state index contributed by atoms with van der Waals surface area (Å²) in [6, 6.07) is 1.83. The molecular weight excluding hydrogens is 414 g/mol. The van der Waals surface area contributed by atoms with Crippen molar-refractivity contribution in [2.45, 2.75) is 52.4 Å². The Morgan fingerprint density at radius 1 is 0.867 bits per heavy atom. The molecule has 14 nitrogen and oxygen atoms in total. The molecule has 0 bridgehead atoms. The third-order valence-corrected chi connectivity index (χ3v) is 1.53. The van der Waals surface area contributed by atoms with E-state index in [1.165, 1.54) is 0 Å². The van der Waals surface area contributed by atoms with E-state index in [-0.39, 0.29) is 25.9 Å². The van der Waals surface area contributed by atoms with Gasteiger partial charge in [-0.3, -0.25) is 19.2 Å². The van der Waals surface area contributed by atoms with Crippen molar-refractivity contribution in [3.05, 3.63) is 0 Å². The maximum atomic E-state index is 10.0. The summed E-state index contributed by atoms with van der Waals surface area (Å²) >= 11 is 0. The zero-order valence-corrected chi connectivity index (χ0v) is 17.0. The van der Waals surface area contributed by atoms with Crippen molar-refractivity contribution in [1.82, 2.24) is 0 Å². The molecule has 14 heteroatoms. The molecular formula is C16H29NO13. The van der Waals surface area contributed by atoms with Crippen LogP contribution < -0.4 is 0 Å². The summed E-state index contributed by atoms with van der Waals surface area (Å²) < 4.78 is 4.79. The summed E-state index contributed by atoms with van der Waals surface area (Å²) in [6.45, 7) is 4.24. The van der Waals surface area contributed by atoms with E-state index in [0.29, 0.717) is 0 Å². The average Bonchev–Trinajstić information content (AvgIpc) is 2.55. The van der Waals surface area contributed by atoms with E-state index in [2.05, 4.69) is 0 Å². The van der Waals surface area contributed by atoms with Gasteiger partial charge in [-0.05, 0) is 0 Å². The fourth-order valence-electron chi connectivity index (χ4n) is 0.729. The summed E-state index contributed by atoms with van der Waals surface area (Å²) in [5.41, 5.74) is 0. The van der Waals surface area contributed by atoms with Crippen molar-refractivity contribution in [3.63, 3.8) is 0 Å². The molecule has 0 spiro atoms. The minimum absolute atomic E-state index is 0.128. The predicted octanol–water partition coefficient (Wildman–Crippen LogP) is -1.44. The lowest BCUT2D eigenvalue weighted by molar-refractivity contribution is -0.135. The molecule has 0 rings (SSSR count). The van der Waals surface area contributed by atoms with Crippen LogP contribution in [0, 0.1) is 11.3 Å². The van der Waals surface area contributed by atoms with Crippen LogP contribution in [0.25, 0.3) is 0 Å². The standard InChI is InChI=1S/C8H13NO5.4C2H4O2/c9-2-1-3-14-5-7(12)8(13)6(11)4-10;4*1-2(3)4/h4,6-8,11-13H,1,3,5H2;4*1H3,(H,3,4)/t6-,7-,8+;;;;/m1..../s1. The third kappa shape index (κ3) is 85.5. The maximum absolute atomic E-state index is 10.0. The number of aldehydes is 1. The van der Waals surface area contributed by atoms with Gasteiger partial charge < -0.3 is 45.3 Å². The molecule has 0 radical (unpaired) electrons. The first kappa shape index (κ1) is 37.6. The van der Waals surface area contributed by atoms with Crippen molar-refractivity contribution in [3.8, 4) is 6.07 Å². The molecule has 0 aliphatic carbocycles. The summed E-state index contributed by atoms with van der Waals surface area (Å²) in [7, 11) is 0. The van der Waals surface area contributed by atoms with Crippen LogP contribution in [0.2, 0.25) is 0 Å². The van der Waals surface area contributed by atoms with Gasteiger partial charge >= 0.3 is 0 Å². The molecule has 0 aromatic heterocycles. The second-order valence-corrected chi connectivity index (χ2v) is 4.74. The summed E-state index contributed by atoms with van der Waals surface area (Å²) in [5, 5.41) is 64.8. The Morgan fingerprint density at radius 3 is 1.40 bits per heavy atom. The van der Waals surface area contributed by atoms with E-state index < -0.39 is 42.2 Å². The van der Waals surface area contributed by atoms with Gasteiger partial charge in [-0.2, -0.15) is 5.26 Å². The molecule has 7 N–H and O–H groups in total. The van der Waals surface area contributed by atoms with Gasteiger partial charge in [0.2, 0.25) is 0 Å². The van der Waals surface area contributed by atoms with Crippen LogP contribution >= 0.6 is 0 Å². The van der Waals surface area contributed by atoms with Crippen LogP contribution in [0.1, 0.15) is 34.1 Å². The molecule has 0 aromatic carbocycles. The van der Waals surface area contributed by atoms with Gasteiger partial charge in [0.25, 0.3) is 23.9 Å². The molecule has 0 heterocycles. The Kier molecular flexibility index (Phi) is 35.2. The van der Waals surface area contributed by atoms with E-state index in [1.807, 2.05) is 6.07 Å². The van der Waals surface area contributed by atoms with Gasteiger partial charge in [0.05, 0.1) is 25.7 Å². The zero-order chi connectivity index (χ0) is 25.3. The highest BCUT2D eigenvalue weighted by molar-refractivity contribution is 5.63. The summed E-state index contributed by atoms with van der Waals surface area (Å²) in [5.74, 6) is -3.33. The highest BCUT2D eigenvalue weighted by Crippen LogP contribution is 1.99. The monoisotopic (exact) mass is 443 g/mol. The molecule has 0 saturated carbocycles. The molecule has 0 fully saturated rings. The van der Waals surface area contributed by atoms with Crippen molar-refractivity contribution in [2.75, 3.05) is 13.2 Å². The smallest absolute Gasteiger partial charge is 0.300 e. The minimum Gasteiger partial charge on any atom is -0.481 e. The number of rotatable bonds is 7. The zero-order valence-electron chi connectivity index (χ0n) is 17.0. The fraction of sp³-hybridized carbons (Fsp3) is 0.625. The number of carbonyl (C=O) groups excluding carboxylic acids is 1. The first-order valence-electron chi connectivity index (χ1n) is 7.78. The molecule has 0 unspecified atom stereocenters. The fourth-order valence-corrected chi connectivity index (χ4v) is 0.729. The van der Waals surface area contributed by atoms with Crippen molar-refractivity contribution in [1.29, 1.82) is 5.26 Å². The lowest BCUT2D eigenvalue weighted by Crippen LogP contribution is -2.40. The largest absolute Gasteiger partial charge is 0.481 e. The summed E-state index contributed by atoms with van der Waals surface area (Å²) in [4.78, 5) is 46.0. The van der Waals surface area contributed by atoms with Crippen molar-refractivity contribution >= 4 is 30.2 Å². The molecule has 3 atom stereocenters. The van der Waals surface area contributed by atoms with Crippen molar-refractivity contribution in [2.24, 2.45) is 0 Å². The number of nitriles is 1. The van der Waals surface area contributed by atoms with Crippen LogP contribution in [0.4, 0.5) is 0 Å².